The Morgan fingerprint density at radius 3 is 2.48 bits per heavy atom. The standard InChI is InChI=1S/C21H26ClFN4O.HI/c1-24-21(25-14-17-4-2-3-5-19(17)22)26-15-20(27-10-12-28-13-11-27)16-6-8-18(23)9-7-16;/h2-9,20H,10-15H2,1H3,(H2,24,25,26);1H. The third-order valence-electron chi connectivity index (χ3n) is 4.83. The SMILES string of the molecule is CN=C(NCc1ccccc1Cl)NCC(c1ccc(F)cc1)N1CCOCC1.I. The Morgan fingerprint density at radius 2 is 1.83 bits per heavy atom. The van der Waals surface area contributed by atoms with Crippen LogP contribution in [0.2, 0.25) is 5.02 Å². The molecule has 8 heteroatoms. The molecule has 1 unspecified atom stereocenters. The van der Waals surface area contributed by atoms with Crippen LogP contribution in [-0.4, -0.2) is 50.8 Å². The number of hydrogen-bond acceptors (Lipinski definition) is 3. The third-order valence-corrected chi connectivity index (χ3v) is 5.20. The quantitative estimate of drug-likeness (QED) is 0.337. The van der Waals surface area contributed by atoms with Crippen molar-refractivity contribution in [3.05, 3.63) is 70.5 Å². The van der Waals surface area contributed by atoms with Gasteiger partial charge in [-0.25, -0.2) is 4.39 Å². The van der Waals surface area contributed by atoms with Gasteiger partial charge in [-0.3, -0.25) is 9.89 Å². The molecule has 0 spiro atoms. The van der Waals surface area contributed by atoms with Crippen LogP contribution in [0.1, 0.15) is 17.2 Å². The van der Waals surface area contributed by atoms with E-state index in [1.54, 1.807) is 7.05 Å². The normalized spacial score (nSPS) is 16.0. The van der Waals surface area contributed by atoms with Crippen molar-refractivity contribution in [1.29, 1.82) is 0 Å². The zero-order valence-electron chi connectivity index (χ0n) is 16.4. The van der Waals surface area contributed by atoms with Crippen LogP contribution in [-0.2, 0) is 11.3 Å². The zero-order valence-corrected chi connectivity index (χ0v) is 19.5. The van der Waals surface area contributed by atoms with Crippen molar-refractivity contribution in [3.8, 4) is 0 Å². The van der Waals surface area contributed by atoms with E-state index < -0.39 is 0 Å². The molecule has 1 fully saturated rings. The largest absolute Gasteiger partial charge is 0.379 e. The van der Waals surface area contributed by atoms with Crippen molar-refractivity contribution < 1.29 is 9.13 Å². The van der Waals surface area contributed by atoms with Crippen molar-refractivity contribution in [2.45, 2.75) is 12.6 Å². The Hall–Kier alpha value is -1.42. The highest BCUT2D eigenvalue weighted by Gasteiger charge is 2.23. The Balaban J connectivity index is 0.00000300. The lowest BCUT2D eigenvalue weighted by atomic mass is 10.0. The van der Waals surface area contributed by atoms with E-state index in [-0.39, 0.29) is 35.8 Å². The number of halogens is 3. The summed E-state index contributed by atoms with van der Waals surface area (Å²) >= 11 is 6.22. The van der Waals surface area contributed by atoms with Gasteiger partial charge < -0.3 is 15.4 Å². The van der Waals surface area contributed by atoms with Gasteiger partial charge in [-0.05, 0) is 29.3 Å². The number of morpholine rings is 1. The molecule has 0 amide bonds. The average Bonchev–Trinajstić information content (AvgIpc) is 2.73. The fourth-order valence-electron chi connectivity index (χ4n) is 3.27. The van der Waals surface area contributed by atoms with E-state index in [1.807, 2.05) is 36.4 Å². The van der Waals surface area contributed by atoms with Crippen molar-refractivity contribution in [2.75, 3.05) is 39.9 Å². The number of hydrogen-bond donors (Lipinski definition) is 2. The number of ether oxygens (including phenoxy) is 1. The van der Waals surface area contributed by atoms with Crippen LogP contribution < -0.4 is 10.6 Å². The highest BCUT2D eigenvalue weighted by molar-refractivity contribution is 14.0. The van der Waals surface area contributed by atoms with Crippen LogP contribution >= 0.6 is 35.6 Å². The molecule has 1 aliphatic rings. The summed E-state index contributed by atoms with van der Waals surface area (Å²) in [5, 5.41) is 7.41. The fourth-order valence-corrected chi connectivity index (χ4v) is 3.47. The summed E-state index contributed by atoms with van der Waals surface area (Å²) in [4.78, 5) is 6.66. The van der Waals surface area contributed by atoms with E-state index in [0.717, 1.165) is 29.2 Å². The summed E-state index contributed by atoms with van der Waals surface area (Å²) in [5.74, 6) is 0.468. The molecule has 1 heterocycles. The van der Waals surface area contributed by atoms with Crippen molar-refractivity contribution >= 4 is 41.5 Å². The fraction of sp³-hybridized carbons (Fsp3) is 0.381. The maximum Gasteiger partial charge on any atom is 0.191 e. The van der Waals surface area contributed by atoms with E-state index in [0.29, 0.717) is 32.3 Å². The molecular weight excluding hydrogens is 506 g/mol. The first-order chi connectivity index (χ1) is 13.7. The third kappa shape index (κ3) is 7.09. The minimum atomic E-state index is -0.227. The first-order valence-corrected chi connectivity index (χ1v) is 9.80. The molecule has 29 heavy (non-hydrogen) atoms. The lowest BCUT2D eigenvalue weighted by Gasteiger charge is -2.35. The van der Waals surface area contributed by atoms with E-state index in [2.05, 4.69) is 20.5 Å². The van der Waals surface area contributed by atoms with Gasteiger partial charge in [0.15, 0.2) is 5.96 Å². The first-order valence-electron chi connectivity index (χ1n) is 9.42. The van der Waals surface area contributed by atoms with E-state index >= 15 is 0 Å². The second kappa shape index (κ2) is 12.3. The molecule has 1 saturated heterocycles. The smallest absolute Gasteiger partial charge is 0.191 e. The molecular formula is C21H27ClFIN4O. The van der Waals surface area contributed by atoms with Gasteiger partial charge >= 0.3 is 0 Å². The molecule has 0 aliphatic carbocycles. The van der Waals surface area contributed by atoms with E-state index in [1.165, 1.54) is 12.1 Å². The maximum absolute atomic E-state index is 13.4. The summed E-state index contributed by atoms with van der Waals surface area (Å²) in [6.45, 7) is 4.32. The average molecular weight is 533 g/mol. The Bertz CT molecular complexity index is 785. The highest BCUT2D eigenvalue weighted by atomic mass is 127. The number of aliphatic imine (C=N–C) groups is 1. The monoisotopic (exact) mass is 532 g/mol. The molecule has 1 aliphatic heterocycles. The molecule has 0 bridgehead atoms. The Kier molecular flexibility index (Phi) is 10.1. The molecule has 158 valence electrons. The number of guanidine groups is 1. The van der Waals surface area contributed by atoms with Crippen LogP contribution in [0.15, 0.2) is 53.5 Å². The molecule has 2 aromatic carbocycles. The molecule has 1 atom stereocenters. The molecule has 5 nitrogen and oxygen atoms in total. The highest BCUT2D eigenvalue weighted by Crippen LogP contribution is 2.21. The molecule has 2 N–H and O–H groups in total. The Labute approximate surface area is 193 Å². The maximum atomic E-state index is 13.4. The second-order valence-electron chi connectivity index (χ2n) is 6.61. The predicted octanol–water partition coefficient (Wildman–Crippen LogP) is 3.84. The molecule has 3 rings (SSSR count). The Morgan fingerprint density at radius 1 is 1.14 bits per heavy atom. The van der Waals surface area contributed by atoms with Gasteiger partial charge in [-0.1, -0.05) is 41.9 Å². The molecule has 0 radical (unpaired) electrons. The van der Waals surface area contributed by atoms with Crippen LogP contribution in [0.25, 0.3) is 0 Å². The number of benzene rings is 2. The molecule has 0 saturated carbocycles. The lowest BCUT2D eigenvalue weighted by molar-refractivity contribution is 0.0170. The van der Waals surface area contributed by atoms with Crippen LogP contribution in [0.3, 0.4) is 0 Å². The zero-order chi connectivity index (χ0) is 19.8. The topological polar surface area (TPSA) is 48.9 Å². The van der Waals surface area contributed by atoms with E-state index in [9.17, 15) is 4.39 Å². The van der Waals surface area contributed by atoms with Crippen molar-refractivity contribution in [2.24, 2.45) is 4.99 Å². The van der Waals surface area contributed by atoms with Crippen LogP contribution in [0.5, 0.6) is 0 Å². The summed E-state index contributed by atoms with van der Waals surface area (Å²) in [5.41, 5.74) is 2.08. The van der Waals surface area contributed by atoms with Gasteiger partial charge in [-0.2, -0.15) is 0 Å². The van der Waals surface area contributed by atoms with Gasteiger partial charge in [0, 0.05) is 38.2 Å². The molecule has 2 aromatic rings. The van der Waals surface area contributed by atoms with Gasteiger partial charge in [0.2, 0.25) is 0 Å². The van der Waals surface area contributed by atoms with Crippen LogP contribution in [0.4, 0.5) is 4.39 Å². The second-order valence-corrected chi connectivity index (χ2v) is 7.02. The number of nitrogens with zero attached hydrogens (tertiary/aromatic N) is 2. The van der Waals surface area contributed by atoms with Gasteiger partial charge in [0.05, 0.1) is 19.3 Å². The summed E-state index contributed by atoms with van der Waals surface area (Å²) in [6.07, 6.45) is 0. The van der Waals surface area contributed by atoms with Crippen molar-refractivity contribution in [1.82, 2.24) is 15.5 Å². The lowest BCUT2D eigenvalue weighted by Crippen LogP contribution is -2.46. The number of rotatable bonds is 6. The number of nitrogens with one attached hydrogen (secondary N) is 2. The molecule has 0 aromatic heterocycles. The minimum Gasteiger partial charge on any atom is -0.379 e. The summed E-state index contributed by atoms with van der Waals surface area (Å²) < 4.78 is 18.8. The first kappa shape index (κ1) is 23.9. The summed E-state index contributed by atoms with van der Waals surface area (Å²) in [6, 6.07) is 14.5. The van der Waals surface area contributed by atoms with E-state index in [4.69, 9.17) is 16.3 Å². The predicted molar refractivity (Wildman–Crippen MR) is 127 cm³/mol. The minimum absolute atomic E-state index is 0. The van der Waals surface area contributed by atoms with Gasteiger partial charge in [-0.15, -0.1) is 24.0 Å². The van der Waals surface area contributed by atoms with Gasteiger partial charge in [0.25, 0.3) is 0 Å². The summed E-state index contributed by atoms with van der Waals surface area (Å²) in [7, 11) is 1.74. The van der Waals surface area contributed by atoms with Crippen LogP contribution in [0, 0.1) is 5.82 Å². The van der Waals surface area contributed by atoms with Crippen molar-refractivity contribution in [3.63, 3.8) is 0 Å². The van der Waals surface area contributed by atoms with Gasteiger partial charge in [0.1, 0.15) is 5.82 Å².